The van der Waals surface area contributed by atoms with Gasteiger partial charge in [-0.15, -0.1) is 0 Å². The molecule has 1 unspecified atom stereocenters. The average molecular weight is 854 g/mol. The number of unbranched alkanes of at least 4 members (excludes halogenated alkanes) is 9. The van der Waals surface area contributed by atoms with Crippen molar-refractivity contribution in [2.45, 2.75) is 174 Å². The topological polar surface area (TPSA) is 208 Å². The van der Waals surface area contributed by atoms with Gasteiger partial charge in [0.15, 0.2) is 6.10 Å². The van der Waals surface area contributed by atoms with Crippen LogP contribution in [0.25, 0.3) is 0 Å². The lowest BCUT2D eigenvalue weighted by molar-refractivity contribution is -0.161. The lowest BCUT2D eigenvalue weighted by Gasteiger charge is -2.20. The van der Waals surface area contributed by atoms with E-state index in [1.54, 1.807) is 42.5 Å². The molecule has 0 aromatic carbocycles. The summed E-state index contributed by atoms with van der Waals surface area (Å²) in [5, 5.41) is 30.4. The molecule has 1 aromatic rings. The van der Waals surface area contributed by atoms with Gasteiger partial charge in [-0.3, -0.25) is 18.6 Å². The highest BCUT2D eigenvalue weighted by Crippen LogP contribution is 2.43. The summed E-state index contributed by atoms with van der Waals surface area (Å²) >= 11 is 0. The average Bonchev–Trinajstić information content (AvgIpc) is 3.47. The monoisotopic (exact) mass is 854 g/mol. The number of nitrogens with two attached hydrogens (primary N) is 1. The van der Waals surface area contributed by atoms with E-state index in [-0.39, 0.29) is 38.8 Å². The van der Waals surface area contributed by atoms with Crippen LogP contribution in [0.2, 0.25) is 0 Å². The number of allylic oxidation sites excluding steroid dienone is 6. The van der Waals surface area contributed by atoms with E-state index in [0.29, 0.717) is 6.42 Å². The first-order chi connectivity index (χ1) is 28.3. The number of carbonyl (C=O) groups is 2. The van der Waals surface area contributed by atoms with Crippen LogP contribution in [0, 0.1) is 13.8 Å². The molecule has 0 aliphatic carbocycles. The van der Waals surface area contributed by atoms with E-state index >= 15 is 0 Å². The summed E-state index contributed by atoms with van der Waals surface area (Å²) in [5.41, 5.74) is 7.91. The molecule has 338 valence electrons. The fourth-order valence-electron chi connectivity index (χ4n) is 6.12. The number of ether oxygens (including phenoxy) is 2. The van der Waals surface area contributed by atoms with E-state index in [0.717, 1.165) is 101 Å². The Bertz CT molecular complexity index is 1440. The number of furan rings is 1. The van der Waals surface area contributed by atoms with Crippen molar-refractivity contribution in [3.8, 4) is 0 Å². The summed E-state index contributed by atoms with van der Waals surface area (Å²) in [7, 11) is -4.48. The van der Waals surface area contributed by atoms with Gasteiger partial charge in [0.1, 0.15) is 18.1 Å². The summed E-state index contributed by atoms with van der Waals surface area (Å²) in [6.07, 6.45) is 25.1. The van der Waals surface area contributed by atoms with Crippen molar-refractivity contribution in [3.05, 3.63) is 71.3 Å². The van der Waals surface area contributed by atoms with Gasteiger partial charge in [0.05, 0.1) is 31.5 Å². The highest BCUT2D eigenvalue weighted by molar-refractivity contribution is 7.47. The zero-order valence-corrected chi connectivity index (χ0v) is 37.2. The predicted octanol–water partition coefficient (Wildman–Crippen LogP) is 8.51. The van der Waals surface area contributed by atoms with Crippen molar-refractivity contribution in [2.24, 2.45) is 5.73 Å². The van der Waals surface area contributed by atoms with E-state index < -0.39 is 57.4 Å². The molecule has 0 saturated carbocycles. The molecule has 1 heterocycles. The predicted molar refractivity (Wildman–Crippen MR) is 232 cm³/mol. The normalized spacial score (nSPS) is 15.3. The van der Waals surface area contributed by atoms with E-state index in [2.05, 4.69) is 27.7 Å². The summed E-state index contributed by atoms with van der Waals surface area (Å²) in [5.74, 6) is 1.06. The van der Waals surface area contributed by atoms with Crippen LogP contribution in [0.5, 0.6) is 0 Å². The van der Waals surface area contributed by atoms with Crippen molar-refractivity contribution in [1.82, 2.24) is 0 Å². The van der Waals surface area contributed by atoms with Gasteiger partial charge in [-0.1, -0.05) is 120 Å². The lowest BCUT2D eigenvalue weighted by Crippen LogP contribution is -2.30. The second-order valence-electron chi connectivity index (χ2n) is 15.0. The van der Waals surface area contributed by atoms with Crippen LogP contribution in [0.4, 0.5) is 0 Å². The van der Waals surface area contributed by atoms with Crippen LogP contribution in [0.3, 0.4) is 0 Å². The molecule has 1 rings (SSSR count). The first kappa shape index (κ1) is 54.1. The summed E-state index contributed by atoms with van der Waals surface area (Å²) < 4.78 is 38.7. The van der Waals surface area contributed by atoms with E-state index in [4.69, 9.17) is 28.7 Å². The molecule has 0 bridgehead atoms. The number of carbonyl (C=O) groups excluding carboxylic acids is 2. The van der Waals surface area contributed by atoms with E-state index in [9.17, 15) is 34.4 Å². The Labute approximate surface area is 353 Å². The smallest absolute Gasteiger partial charge is 0.466 e. The molecule has 59 heavy (non-hydrogen) atoms. The number of rotatable bonds is 36. The highest BCUT2D eigenvalue weighted by atomic mass is 31.2. The van der Waals surface area contributed by atoms with Crippen LogP contribution >= 0.6 is 7.82 Å². The van der Waals surface area contributed by atoms with E-state index in [1.165, 1.54) is 17.2 Å². The Morgan fingerprint density at radius 1 is 0.695 bits per heavy atom. The first-order valence-electron chi connectivity index (χ1n) is 21.8. The molecule has 13 nitrogen and oxygen atoms in total. The Balaban J connectivity index is 2.39. The number of hydrogen-bond acceptors (Lipinski definition) is 12. The molecule has 0 saturated heterocycles. The summed E-state index contributed by atoms with van der Waals surface area (Å²) in [6, 6.07) is 0. The number of phosphoric acid groups is 1. The Kier molecular flexibility index (Phi) is 31.0. The fourth-order valence-corrected chi connectivity index (χ4v) is 6.89. The third kappa shape index (κ3) is 27.6. The largest absolute Gasteiger partial charge is 0.472 e. The molecule has 1 aromatic heterocycles. The van der Waals surface area contributed by atoms with Crippen molar-refractivity contribution in [1.29, 1.82) is 0 Å². The molecule has 0 aliphatic rings. The standard InChI is InChI=1S/C45H76NO12P/c1-5-7-18-25-38(47)26-19-14-12-13-15-20-27-40(48)41(49)28-23-31-44(50)54-34-39(35-56-59(52,53)55-33-32-46)57-45(51)30-22-17-11-9-8-10-16-21-29-43-37(4)36(3)42(58-43)24-6-2/h12-15,19-20,26-27,38-41,47-49H,5-11,16-18,21-25,28-35,46H2,1-4H3,(H,52,53)/b14-12-,15-13+,26-19+,27-20+/t38-,39-,40-,41-/m1/s1. The second kappa shape index (κ2) is 33.8. The molecule has 6 N–H and O–H groups in total. The minimum absolute atomic E-state index is 0.00380. The van der Waals surface area contributed by atoms with E-state index in [1.807, 2.05) is 0 Å². The third-order valence-electron chi connectivity index (χ3n) is 9.76. The lowest BCUT2D eigenvalue weighted by atomic mass is 10.0. The minimum Gasteiger partial charge on any atom is -0.466 e. The van der Waals surface area contributed by atoms with Gasteiger partial charge >= 0.3 is 19.8 Å². The second-order valence-corrected chi connectivity index (χ2v) is 16.5. The van der Waals surface area contributed by atoms with Crippen molar-refractivity contribution in [3.63, 3.8) is 0 Å². The molecule has 5 atom stereocenters. The van der Waals surface area contributed by atoms with Gasteiger partial charge in [-0.2, -0.15) is 0 Å². The fraction of sp³-hybridized carbons (Fsp3) is 0.689. The van der Waals surface area contributed by atoms with Crippen LogP contribution < -0.4 is 5.73 Å². The van der Waals surface area contributed by atoms with Gasteiger partial charge < -0.3 is 39.8 Å². The van der Waals surface area contributed by atoms with Crippen molar-refractivity contribution >= 4 is 19.8 Å². The maximum absolute atomic E-state index is 12.6. The first-order valence-corrected chi connectivity index (χ1v) is 23.3. The van der Waals surface area contributed by atoms with Crippen LogP contribution in [-0.4, -0.2) is 82.9 Å². The number of aliphatic hydroxyl groups is 3. The Morgan fingerprint density at radius 2 is 1.29 bits per heavy atom. The minimum atomic E-state index is -4.48. The number of phosphoric ester groups is 1. The van der Waals surface area contributed by atoms with Gasteiger partial charge in [-0.05, 0) is 63.5 Å². The molecule has 0 aliphatic heterocycles. The molecule has 0 fully saturated rings. The van der Waals surface area contributed by atoms with Crippen molar-refractivity contribution < 1.29 is 57.3 Å². The zero-order valence-electron chi connectivity index (χ0n) is 36.3. The quantitative estimate of drug-likeness (QED) is 0.0186. The maximum atomic E-state index is 12.6. The summed E-state index contributed by atoms with van der Waals surface area (Å²) in [6.45, 7) is 7.40. The molecule has 0 amide bonds. The van der Waals surface area contributed by atoms with Gasteiger partial charge in [0, 0.05) is 32.2 Å². The maximum Gasteiger partial charge on any atom is 0.472 e. The Hall–Kier alpha value is -2.87. The Morgan fingerprint density at radius 3 is 1.93 bits per heavy atom. The van der Waals surface area contributed by atoms with Crippen LogP contribution in [0.1, 0.15) is 146 Å². The molecular formula is C45H76NO12P. The number of aryl methyl sites for hydroxylation is 2. The van der Waals surface area contributed by atoms with Crippen molar-refractivity contribution in [2.75, 3.05) is 26.4 Å². The highest BCUT2D eigenvalue weighted by Gasteiger charge is 2.26. The van der Waals surface area contributed by atoms with Gasteiger partial charge in [0.2, 0.25) is 0 Å². The van der Waals surface area contributed by atoms with Crippen LogP contribution in [0.15, 0.2) is 53.0 Å². The third-order valence-corrected chi connectivity index (χ3v) is 10.7. The van der Waals surface area contributed by atoms with Crippen LogP contribution in [-0.2, 0) is 45.5 Å². The van der Waals surface area contributed by atoms with Gasteiger partial charge in [0.25, 0.3) is 0 Å². The molecule has 0 spiro atoms. The van der Waals surface area contributed by atoms with Gasteiger partial charge in [-0.25, -0.2) is 4.57 Å². The SMILES string of the molecule is CCCCC[C@@H](O)/C=C/C=C\C=C\C=C\[C@@H](O)[C@H](O)CCCC(=O)OC[C@H](COP(=O)(O)OCCN)OC(=O)CCCCCCCCCCc1oc(CCC)c(C)c1C. The number of hydrogen-bond donors (Lipinski definition) is 5. The zero-order chi connectivity index (χ0) is 43.7. The molecule has 0 radical (unpaired) electrons. The number of aliphatic hydroxyl groups excluding tert-OH is 3. The molecular weight excluding hydrogens is 777 g/mol. The molecule has 14 heteroatoms. The number of esters is 2. The summed E-state index contributed by atoms with van der Waals surface area (Å²) in [4.78, 5) is 35.0.